The molecule has 2 heterocycles. The minimum atomic E-state index is -1.02. The van der Waals surface area contributed by atoms with E-state index in [0.29, 0.717) is 34.8 Å². The maximum atomic E-state index is 12.4. The topological polar surface area (TPSA) is 120 Å². The molecule has 0 spiro atoms. The summed E-state index contributed by atoms with van der Waals surface area (Å²) in [5.74, 6) is -0.938. The van der Waals surface area contributed by atoms with Crippen molar-refractivity contribution in [1.29, 1.82) is 0 Å². The summed E-state index contributed by atoms with van der Waals surface area (Å²) in [5, 5.41) is 12.0. The zero-order chi connectivity index (χ0) is 19.6. The number of carbonyl (C=O) groups is 2. The molecule has 1 aromatic carbocycles. The molecule has 1 amide bonds. The smallest absolute Gasteiger partial charge is 0.337 e. The van der Waals surface area contributed by atoms with Crippen LogP contribution < -0.4 is 10.1 Å². The first-order valence-electron chi connectivity index (χ1n) is 8.08. The largest absolute Gasteiger partial charge is 0.495 e. The first-order valence-corrected chi connectivity index (χ1v) is 8.46. The van der Waals surface area contributed by atoms with E-state index < -0.39 is 11.9 Å². The van der Waals surface area contributed by atoms with Gasteiger partial charge in [-0.25, -0.2) is 9.78 Å². The molecule has 27 heavy (non-hydrogen) atoms. The highest BCUT2D eigenvalue weighted by Gasteiger charge is 2.17. The van der Waals surface area contributed by atoms with Crippen molar-refractivity contribution in [3.05, 3.63) is 52.7 Å². The first-order chi connectivity index (χ1) is 12.9. The number of carbonyl (C=O) groups excluding carboxylic acids is 1. The Balaban J connectivity index is 1.85. The SMILES string of the molecule is CCc1[nH]c(C(=O)Nc2ccc(-c3cc(C(=O)O)c[nH]3)cc2OC)nc1Cl. The van der Waals surface area contributed by atoms with Crippen LogP contribution in [0, 0.1) is 0 Å². The van der Waals surface area contributed by atoms with Gasteiger partial charge in [-0.3, -0.25) is 4.79 Å². The predicted octanol–water partition coefficient (Wildman–Crippen LogP) is 3.58. The summed E-state index contributed by atoms with van der Waals surface area (Å²) in [7, 11) is 1.48. The highest BCUT2D eigenvalue weighted by molar-refractivity contribution is 6.30. The van der Waals surface area contributed by atoms with Crippen molar-refractivity contribution in [3.63, 3.8) is 0 Å². The number of methoxy groups -OCH3 is 1. The number of aromatic amines is 2. The van der Waals surface area contributed by atoms with Crippen LogP contribution in [-0.4, -0.2) is 39.0 Å². The lowest BCUT2D eigenvalue weighted by Gasteiger charge is -2.11. The van der Waals surface area contributed by atoms with E-state index in [9.17, 15) is 9.59 Å². The molecule has 0 radical (unpaired) electrons. The monoisotopic (exact) mass is 388 g/mol. The average Bonchev–Trinajstić information content (AvgIpc) is 3.29. The van der Waals surface area contributed by atoms with E-state index in [-0.39, 0.29) is 16.5 Å². The number of aromatic carboxylic acids is 1. The van der Waals surface area contributed by atoms with Gasteiger partial charge in [-0.05, 0) is 24.6 Å². The average molecular weight is 389 g/mol. The number of anilines is 1. The summed E-state index contributed by atoms with van der Waals surface area (Å²) >= 11 is 5.97. The number of rotatable bonds is 6. The maximum Gasteiger partial charge on any atom is 0.337 e. The second kappa shape index (κ2) is 7.55. The Kier molecular flexibility index (Phi) is 5.18. The Morgan fingerprint density at radius 1 is 1.33 bits per heavy atom. The van der Waals surface area contributed by atoms with E-state index in [2.05, 4.69) is 20.3 Å². The lowest BCUT2D eigenvalue weighted by atomic mass is 10.1. The van der Waals surface area contributed by atoms with Gasteiger partial charge < -0.3 is 25.1 Å². The van der Waals surface area contributed by atoms with Gasteiger partial charge in [0.05, 0.1) is 24.1 Å². The summed E-state index contributed by atoms with van der Waals surface area (Å²) in [4.78, 5) is 33.2. The van der Waals surface area contributed by atoms with Crippen molar-refractivity contribution in [2.75, 3.05) is 12.4 Å². The Labute approximate surface area is 159 Å². The number of aromatic nitrogens is 3. The number of H-pyrrole nitrogens is 2. The molecule has 0 fully saturated rings. The number of amides is 1. The number of ether oxygens (including phenoxy) is 1. The highest BCUT2D eigenvalue weighted by atomic mass is 35.5. The quantitative estimate of drug-likeness (QED) is 0.514. The van der Waals surface area contributed by atoms with Crippen molar-refractivity contribution in [2.45, 2.75) is 13.3 Å². The van der Waals surface area contributed by atoms with Crippen LogP contribution in [0.5, 0.6) is 5.75 Å². The molecule has 2 aromatic heterocycles. The molecule has 140 valence electrons. The fraction of sp³-hybridized carbons (Fsp3) is 0.167. The number of nitrogens with one attached hydrogen (secondary N) is 3. The van der Waals surface area contributed by atoms with Crippen LogP contribution in [0.3, 0.4) is 0 Å². The minimum absolute atomic E-state index is 0.110. The molecule has 0 aliphatic heterocycles. The standard InChI is InChI=1S/C18H17ClN4O4/c1-3-11-15(19)23-16(21-11)17(24)22-12-5-4-9(7-14(12)27-2)13-6-10(8-20-13)18(25)26/h4-8,20H,3H2,1-2H3,(H,21,23)(H,22,24)(H,25,26). The van der Waals surface area contributed by atoms with Gasteiger partial charge in [0.15, 0.2) is 11.0 Å². The third kappa shape index (κ3) is 3.80. The lowest BCUT2D eigenvalue weighted by Crippen LogP contribution is -2.14. The van der Waals surface area contributed by atoms with Gasteiger partial charge in [-0.2, -0.15) is 0 Å². The number of carboxylic acid groups (broad SMARTS) is 1. The molecule has 0 aliphatic carbocycles. The summed E-state index contributed by atoms with van der Waals surface area (Å²) < 4.78 is 5.35. The molecule has 4 N–H and O–H groups in total. The molecular weight excluding hydrogens is 372 g/mol. The minimum Gasteiger partial charge on any atom is -0.495 e. The van der Waals surface area contributed by atoms with E-state index in [1.54, 1.807) is 18.2 Å². The van der Waals surface area contributed by atoms with Gasteiger partial charge in [-0.15, -0.1) is 0 Å². The molecule has 8 nitrogen and oxygen atoms in total. The van der Waals surface area contributed by atoms with E-state index in [0.717, 1.165) is 0 Å². The second-order valence-electron chi connectivity index (χ2n) is 5.68. The molecule has 3 aromatic rings. The zero-order valence-electron chi connectivity index (χ0n) is 14.6. The molecule has 9 heteroatoms. The number of hydrogen-bond acceptors (Lipinski definition) is 4. The van der Waals surface area contributed by atoms with E-state index >= 15 is 0 Å². The summed E-state index contributed by atoms with van der Waals surface area (Å²) in [5.41, 5.74) is 2.62. The Morgan fingerprint density at radius 3 is 2.70 bits per heavy atom. The van der Waals surface area contributed by atoms with Crippen molar-refractivity contribution >= 4 is 29.2 Å². The number of aryl methyl sites for hydroxylation is 1. The summed E-state index contributed by atoms with van der Waals surface area (Å²) in [6.07, 6.45) is 2.04. The molecular formula is C18H17ClN4O4. The van der Waals surface area contributed by atoms with Crippen LogP contribution >= 0.6 is 11.6 Å². The van der Waals surface area contributed by atoms with Crippen molar-refractivity contribution in [1.82, 2.24) is 15.0 Å². The van der Waals surface area contributed by atoms with Gasteiger partial charge in [-0.1, -0.05) is 24.6 Å². The Morgan fingerprint density at radius 2 is 2.11 bits per heavy atom. The van der Waals surface area contributed by atoms with E-state index in [1.165, 1.54) is 19.4 Å². The predicted molar refractivity (Wildman–Crippen MR) is 101 cm³/mol. The number of imidazole rings is 1. The molecule has 0 saturated carbocycles. The number of nitrogens with zero attached hydrogens (tertiary/aromatic N) is 1. The maximum absolute atomic E-state index is 12.4. The molecule has 0 saturated heterocycles. The molecule has 0 atom stereocenters. The zero-order valence-corrected chi connectivity index (χ0v) is 15.3. The van der Waals surface area contributed by atoms with Crippen LogP contribution in [0.4, 0.5) is 5.69 Å². The number of benzene rings is 1. The molecule has 0 aliphatic rings. The van der Waals surface area contributed by atoms with Gasteiger partial charge in [0.2, 0.25) is 0 Å². The van der Waals surface area contributed by atoms with Crippen LogP contribution in [0.25, 0.3) is 11.3 Å². The molecule has 0 unspecified atom stereocenters. The van der Waals surface area contributed by atoms with Gasteiger partial charge in [0.25, 0.3) is 5.91 Å². The van der Waals surface area contributed by atoms with Crippen molar-refractivity contribution in [3.8, 4) is 17.0 Å². The summed E-state index contributed by atoms with van der Waals surface area (Å²) in [6.45, 7) is 1.90. The normalized spacial score (nSPS) is 10.6. The fourth-order valence-corrected chi connectivity index (χ4v) is 2.82. The van der Waals surface area contributed by atoms with Crippen LogP contribution in [0.2, 0.25) is 5.15 Å². The van der Waals surface area contributed by atoms with Gasteiger partial charge in [0, 0.05) is 17.5 Å². The van der Waals surface area contributed by atoms with Crippen LogP contribution in [0.15, 0.2) is 30.5 Å². The van der Waals surface area contributed by atoms with Gasteiger partial charge in [0.1, 0.15) is 5.75 Å². The van der Waals surface area contributed by atoms with Crippen LogP contribution in [0.1, 0.15) is 33.6 Å². The number of carboxylic acids is 1. The van der Waals surface area contributed by atoms with E-state index in [4.69, 9.17) is 21.4 Å². The van der Waals surface area contributed by atoms with E-state index in [1.807, 2.05) is 6.92 Å². The Hall–Kier alpha value is -3.26. The lowest BCUT2D eigenvalue weighted by molar-refractivity contribution is 0.0697. The van der Waals surface area contributed by atoms with Crippen molar-refractivity contribution in [2.24, 2.45) is 0 Å². The number of hydrogen-bond donors (Lipinski definition) is 4. The third-order valence-corrected chi connectivity index (χ3v) is 4.30. The molecule has 3 rings (SSSR count). The highest BCUT2D eigenvalue weighted by Crippen LogP contribution is 2.31. The molecule has 0 bridgehead atoms. The fourth-order valence-electron chi connectivity index (χ4n) is 2.56. The van der Waals surface area contributed by atoms with Gasteiger partial charge >= 0.3 is 5.97 Å². The second-order valence-corrected chi connectivity index (χ2v) is 6.04. The van der Waals surface area contributed by atoms with Crippen molar-refractivity contribution < 1.29 is 19.4 Å². The third-order valence-electron chi connectivity index (χ3n) is 3.99. The Bertz CT molecular complexity index is 1010. The first kappa shape index (κ1) is 18.5. The summed E-state index contributed by atoms with van der Waals surface area (Å²) in [6, 6.07) is 6.62. The van der Waals surface area contributed by atoms with Crippen LogP contribution in [-0.2, 0) is 6.42 Å². The number of halogens is 1.